The highest BCUT2D eigenvalue weighted by Gasteiger charge is 2.43. The molecular weight excluding hydrogens is 575 g/mol. The van der Waals surface area contributed by atoms with Gasteiger partial charge >= 0.3 is 18.1 Å². The van der Waals surface area contributed by atoms with Gasteiger partial charge in [0.25, 0.3) is 5.91 Å². The highest BCUT2D eigenvalue weighted by molar-refractivity contribution is 6.06. The summed E-state index contributed by atoms with van der Waals surface area (Å²) in [5.74, 6) is -4.62. The van der Waals surface area contributed by atoms with Crippen molar-refractivity contribution in [2.24, 2.45) is 5.73 Å². The molecule has 0 fully saturated rings. The van der Waals surface area contributed by atoms with Gasteiger partial charge in [0, 0.05) is 18.7 Å². The van der Waals surface area contributed by atoms with E-state index in [0.717, 1.165) is 0 Å². The molecule has 0 saturated carbocycles. The van der Waals surface area contributed by atoms with E-state index in [9.17, 15) is 32.3 Å². The molecule has 1 heterocycles. The van der Waals surface area contributed by atoms with Crippen LogP contribution in [0.25, 0.3) is 10.8 Å². The van der Waals surface area contributed by atoms with Gasteiger partial charge in [-0.1, -0.05) is 18.2 Å². The molecule has 1 aliphatic heterocycles. The average molecular weight is 604 g/mol. The largest absolute Gasteiger partial charge is 0.496 e. The normalized spacial score (nSPS) is 14.9. The van der Waals surface area contributed by atoms with Crippen molar-refractivity contribution in [1.82, 2.24) is 5.32 Å². The molecule has 0 saturated heterocycles. The molecule has 0 aromatic heterocycles. The maximum atomic E-state index is 13.5. The topological polar surface area (TPSA) is 157 Å². The number of methoxy groups -OCH3 is 1. The fraction of sp³-hybridized carbons (Fsp3) is 0.310. The monoisotopic (exact) mass is 603 g/mol. The number of aliphatic hydroxyl groups is 1. The number of para-hydroxylation sites is 1. The molecular formula is C29H28F3N3O8. The Bertz CT molecular complexity index is 1590. The van der Waals surface area contributed by atoms with Gasteiger partial charge < -0.3 is 35.3 Å². The van der Waals surface area contributed by atoms with Crippen LogP contribution >= 0.6 is 0 Å². The number of nitrogens with two attached hydrogens (primary N) is 1. The zero-order valence-corrected chi connectivity index (χ0v) is 23.1. The number of carbonyl (C=O) groups excluding carboxylic acids is 4. The van der Waals surface area contributed by atoms with Crippen LogP contribution in [0, 0.1) is 6.92 Å². The van der Waals surface area contributed by atoms with Gasteiger partial charge in [-0.2, -0.15) is 13.2 Å². The minimum atomic E-state index is -5.35. The van der Waals surface area contributed by atoms with Crippen LogP contribution < -0.4 is 25.4 Å². The number of halogens is 3. The van der Waals surface area contributed by atoms with Crippen molar-refractivity contribution in [2.75, 3.05) is 31.8 Å². The van der Waals surface area contributed by atoms with Gasteiger partial charge in [-0.15, -0.1) is 0 Å². The molecule has 43 heavy (non-hydrogen) atoms. The predicted octanol–water partition coefficient (Wildman–Crippen LogP) is 2.77. The van der Waals surface area contributed by atoms with E-state index in [1.54, 1.807) is 24.3 Å². The van der Waals surface area contributed by atoms with Crippen molar-refractivity contribution in [3.05, 3.63) is 64.7 Å². The lowest BCUT2D eigenvalue weighted by molar-refractivity contribution is -0.193. The van der Waals surface area contributed by atoms with Crippen LogP contribution in [0.1, 0.15) is 38.3 Å². The zero-order chi connectivity index (χ0) is 31.5. The summed E-state index contributed by atoms with van der Waals surface area (Å²) in [6, 6.07) is 9.40. The molecule has 0 aliphatic carbocycles. The number of nitrogens with zero attached hydrogens (tertiary/aromatic N) is 1. The van der Waals surface area contributed by atoms with Crippen LogP contribution in [-0.4, -0.2) is 67.9 Å². The average Bonchev–Trinajstić information content (AvgIpc) is 3.08. The summed E-state index contributed by atoms with van der Waals surface area (Å²) in [5, 5.41) is 12.6. The van der Waals surface area contributed by atoms with Crippen molar-refractivity contribution in [3.63, 3.8) is 0 Å². The van der Waals surface area contributed by atoms with E-state index in [0.29, 0.717) is 28.5 Å². The molecule has 0 spiro atoms. The molecule has 0 bridgehead atoms. The Balaban J connectivity index is 1.78. The van der Waals surface area contributed by atoms with Crippen LogP contribution in [0.15, 0.2) is 42.5 Å². The van der Waals surface area contributed by atoms with E-state index < -0.39 is 36.0 Å². The van der Waals surface area contributed by atoms with Crippen LogP contribution in [0.3, 0.4) is 0 Å². The number of aryl methyl sites for hydroxylation is 1. The first-order chi connectivity index (χ1) is 20.4. The molecule has 1 aliphatic rings. The highest BCUT2D eigenvalue weighted by atomic mass is 19.4. The van der Waals surface area contributed by atoms with Crippen molar-refractivity contribution in [2.45, 2.75) is 32.1 Å². The maximum Gasteiger partial charge on any atom is 0.491 e. The molecule has 228 valence electrons. The van der Waals surface area contributed by atoms with Crippen LogP contribution in [0.2, 0.25) is 0 Å². The van der Waals surface area contributed by atoms with Gasteiger partial charge in [0.05, 0.1) is 30.5 Å². The molecule has 1 atom stereocenters. The van der Waals surface area contributed by atoms with Gasteiger partial charge in [0.15, 0.2) is 5.75 Å². The number of hydrogen-bond donors (Lipinski definition) is 3. The van der Waals surface area contributed by atoms with E-state index in [1.165, 1.54) is 37.1 Å². The highest BCUT2D eigenvalue weighted by Crippen LogP contribution is 2.39. The van der Waals surface area contributed by atoms with Crippen LogP contribution in [-0.2, 0) is 20.9 Å². The second-order valence-electron chi connectivity index (χ2n) is 9.58. The Morgan fingerprint density at radius 2 is 1.84 bits per heavy atom. The minimum Gasteiger partial charge on any atom is -0.496 e. The molecule has 14 heteroatoms. The molecule has 4 N–H and O–H groups in total. The first kappa shape index (κ1) is 31.3. The molecule has 0 radical (unpaired) electrons. The number of nitrogens with one attached hydrogen (secondary N) is 1. The first-order valence-corrected chi connectivity index (χ1v) is 13.0. The second-order valence-corrected chi connectivity index (χ2v) is 9.58. The lowest BCUT2D eigenvalue weighted by Gasteiger charge is -2.26. The number of anilines is 1. The fourth-order valence-corrected chi connectivity index (χ4v) is 4.70. The summed E-state index contributed by atoms with van der Waals surface area (Å²) >= 11 is 0. The molecule has 2 amide bonds. The number of rotatable bonds is 8. The van der Waals surface area contributed by atoms with Crippen molar-refractivity contribution < 1.29 is 51.7 Å². The first-order valence-electron chi connectivity index (χ1n) is 13.0. The second kappa shape index (κ2) is 12.7. The Morgan fingerprint density at radius 3 is 2.51 bits per heavy atom. The van der Waals surface area contributed by atoms with E-state index in [1.807, 2.05) is 0 Å². The Kier molecular flexibility index (Phi) is 9.21. The molecule has 0 unspecified atom stereocenters. The number of hydrogen-bond acceptors (Lipinski definition) is 9. The third-order valence-corrected chi connectivity index (χ3v) is 6.85. The number of esters is 2. The standard InChI is InChI=1S/C29H28F3N3O8/c1-15-16-9-10-23(41-2)20(18(16)8-7-17(15)27(39)43-28(40)29(30,31)32)13-35-22-6-3-5-19(25(37)34-11-4-12-36)24(22)42-14-21(33)26(35)38/h3,5-10,21,36H,4,11-14,33H2,1-2H3,(H,34,37)/t21-/m0/s1. The fourth-order valence-electron chi connectivity index (χ4n) is 4.70. The van der Waals surface area contributed by atoms with E-state index in [2.05, 4.69) is 10.1 Å². The number of amides is 2. The van der Waals surface area contributed by atoms with E-state index >= 15 is 0 Å². The third-order valence-electron chi connectivity index (χ3n) is 6.85. The lowest BCUT2D eigenvalue weighted by atomic mass is 9.95. The number of carbonyl (C=O) groups is 4. The third kappa shape index (κ3) is 6.39. The van der Waals surface area contributed by atoms with Crippen molar-refractivity contribution >= 4 is 40.2 Å². The number of ether oxygens (including phenoxy) is 3. The summed E-state index contributed by atoms with van der Waals surface area (Å²) in [4.78, 5) is 51.4. The van der Waals surface area contributed by atoms with Crippen LogP contribution in [0.4, 0.5) is 18.9 Å². The van der Waals surface area contributed by atoms with E-state index in [4.69, 9.17) is 20.3 Å². The SMILES string of the molecule is COc1ccc2c(C)c(C(=O)OC(=O)C(F)(F)F)ccc2c1CN1C(=O)[C@@H](N)COc2c(C(=O)NCCCO)cccc21. The number of fused-ring (bicyclic) bond motifs is 2. The minimum absolute atomic E-state index is 0.110. The number of alkyl halides is 3. The summed E-state index contributed by atoms with van der Waals surface area (Å²) in [6.07, 6.45) is -5.00. The van der Waals surface area contributed by atoms with Gasteiger partial charge in [-0.25, -0.2) is 9.59 Å². The van der Waals surface area contributed by atoms with Gasteiger partial charge in [-0.3, -0.25) is 9.59 Å². The lowest BCUT2D eigenvalue weighted by Crippen LogP contribution is -2.45. The summed E-state index contributed by atoms with van der Waals surface area (Å²) in [5.41, 5.74) is 6.96. The maximum absolute atomic E-state index is 13.5. The molecule has 11 nitrogen and oxygen atoms in total. The van der Waals surface area contributed by atoms with Crippen LogP contribution in [0.5, 0.6) is 11.5 Å². The summed E-state index contributed by atoms with van der Waals surface area (Å²) < 4.78 is 53.3. The Labute approximate surface area is 243 Å². The van der Waals surface area contributed by atoms with E-state index in [-0.39, 0.29) is 54.4 Å². The van der Waals surface area contributed by atoms with Gasteiger partial charge in [0.1, 0.15) is 18.4 Å². The molecule has 4 rings (SSSR count). The molecule has 3 aromatic carbocycles. The Hall–Kier alpha value is -4.69. The zero-order valence-electron chi connectivity index (χ0n) is 23.1. The van der Waals surface area contributed by atoms with Crippen molar-refractivity contribution in [1.29, 1.82) is 0 Å². The smallest absolute Gasteiger partial charge is 0.491 e. The summed E-state index contributed by atoms with van der Waals surface area (Å²) in [6.45, 7) is 1.24. The van der Waals surface area contributed by atoms with Crippen molar-refractivity contribution in [3.8, 4) is 11.5 Å². The predicted molar refractivity (Wildman–Crippen MR) is 147 cm³/mol. The number of benzene rings is 3. The van der Waals surface area contributed by atoms with Gasteiger partial charge in [0.2, 0.25) is 5.91 Å². The Morgan fingerprint density at radius 1 is 1.12 bits per heavy atom. The summed E-state index contributed by atoms with van der Waals surface area (Å²) in [7, 11) is 1.41. The molecule has 3 aromatic rings. The van der Waals surface area contributed by atoms with Gasteiger partial charge in [-0.05, 0) is 53.9 Å². The quantitative estimate of drug-likeness (QED) is 0.200. The number of aliphatic hydroxyl groups excluding tert-OH is 1.